The Labute approximate surface area is 162 Å². The van der Waals surface area contributed by atoms with Crippen molar-refractivity contribution in [1.29, 1.82) is 0 Å². The molecule has 2 fully saturated rings. The maximum Gasteiger partial charge on any atom is 2.00 e. The van der Waals surface area contributed by atoms with Crippen molar-refractivity contribution in [3.63, 3.8) is 0 Å². The third-order valence-corrected chi connectivity index (χ3v) is 5.32. The van der Waals surface area contributed by atoms with Crippen LogP contribution in [0.4, 0.5) is 0 Å². The van der Waals surface area contributed by atoms with Gasteiger partial charge in [0.05, 0.1) is 0 Å². The topological polar surface area (TPSA) is 0 Å². The van der Waals surface area contributed by atoms with Crippen LogP contribution in [0, 0.1) is 24.7 Å². The van der Waals surface area contributed by atoms with Gasteiger partial charge in [0, 0.05) is 0 Å². The normalized spacial score (nSPS) is 28.5. The van der Waals surface area contributed by atoms with Crippen molar-refractivity contribution in [2.24, 2.45) is 11.8 Å². The summed E-state index contributed by atoms with van der Waals surface area (Å²) in [4.78, 5) is 0. The summed E-state index contributed by atoms with van der Waals surface area (Å²) in [6.45, 7) is 0. The summed E-state index contributed by atoms with van der Waals surface area (Å²) >= 11 is 0. The summed E-state index contributed by atoms with van der Waals surface area (Å²) in [5.41, 5.74) is 3.15. The molecule has 4 aliphatic rings. The first-order valence-corrected chi connectivity index (χ1v) is 9.37. The van der Waals surface area contributed by atoms with E-state index in [0.29, 0.717) is 0 Å². The number of allylic oxidation sites excluding steroid dienone is 8. The Morgan fingerprint density at radius 2 is 1.13 bits per heavy atom. The van der Waals surface area contributed by atoms with Gasteiger partial charge in [-0.2, -0.15) is 0 Å². The van der Waals surface area contributed by atoms with Gasteiger partial charge >= 0.3 is 26.2 Å². The second-order valence-electron chi connectivity index (χ2n) is 7.00. The van der Waals surface area contributed by atoms with Crippen molar-refractivity contribution in [2.45, 2.75) is 64.2 Å². The first-order valence-electron chi connectivity index (χ1n) is 9.37. The zero-order chi connectivity index (χ0) is 15.0. The van der Waals surface area contributed by atoms with Gasteiger partial charge in [0.15, 0.2) is 0 Å². The predicted octanol–water partition coefficient (Wildman–Crippen LogP) is 6.53. The van der Waals surface area contributed by atoms with E-state index in [1.807, 2.05) is 0 Å². The minimum atomic E-state index is 0. The molecule has 0 nitrogen and oxygen atoms in total. The third kappa shape index (κ3) is 5.86. The second-order valence-corrected chi connectivity index (χ2v) is 7.00. The van der Waals surface area contributed by atoms with Gasteiger partial charge in [-0.25, -0.2) is 36.1 Å². The van der Waals surface area contributed by atoms with Crippen molar-refractivity contribution in [2.75, 3.05) is 0 Å². The Bertz CT molecular complexity index is 422. The standard InChI is InChI=1S/2C11H15.Zr/c2*1-2-4-7-11-9-5-8-10(11)6-3-1;/h2*5-6,8-9,11H,1-4,7H2;/q2*-1;+2. The van der Waals surface area contributed by atoms with Crippen LogP contribution in [0.3, 0.4) is 0 Å². The molecule has 0 aromatic heterocycles. The van der Waals surface area contributed by atoms with Crippen LogP contribution in [-0.4, -0.2) is 0 Å². The fourth-order valence-corrected chi connectivity index (χ4v) is 3.94. The summed E-state index contributed by atoms with van der Waals surface area (Å²) in [5, 5.41) is 0. The number of rotatable bonds is 0. The summed E-state index contributed by atoms with van der Waals surface area (Å²) in [6, 6.07) is 0. The molecule has 1 heteroatoms. The van der Waals surface area contributed by atoms with E-state index in [-0.39, 0.29) is 26.2 Å². The minimum absolute atomic E-state index is 0. The van der Waals surface area contributed by atoms with Gasteiger partial charge in [0.25, 0.3) is 0 Å². The molecule has 0 amide bonds. The number of hydrogen-bond donors (Lipinski definition) is 0. The average Bonchev–Trinajstić information content (AvgIpc) is 3.08. The molecule has 0 aromatic rings. The van der Waals surface area contributed by atoms with E-state index < -0.39 is 0 Å². The van der Waals surface area contributed by atoms with E-state index >= 15 is 0 Å². The van der Waals surface area contributed by atoms with Crippen LogP contribution in [0.2, 0.25) is 0 Å². The number of hydrogen-bond acceptors (Lipinski definition) is 0. The smallest absolute Gasteiger partial charge is 0.226 e. The first-order chi connectivity index (χ1) is 10.9. The Morgan fingerprint density at radius 3 is 1.61 bits per heavy atom. The molecule has 0 aliphatic heterocycles. The van der Waals surface area contributed by atoms with Crippen LogP contribution in [0.15, 0.2) is 47.6 Å². The Hall–Kier alpha value is -0.417. The van der Waals surface area contributed by atoms with Crippen LogP contribution in [0.1, 0.15) is 64.2 Å². The van der Waals surface area contributed by atoms with E-state index in [9.17, 15) is 0 Å². The quantitative estimate of drug-likeness (QED) is 0.416. The summed E-state index contributed by atoms with van der Waals surface area (Å²) < 4.78 is 0. The molecular formula is C22H30Zr. The third-order valence-electron chi connectivity index (χ3n) is 5.32. The second kappa shape index (κ2) is 10.4. The first kappa shape index (κ1) is 18.9. The van der Waals surface area contributed by atoms with Gasteiger partial charge in [-0.1, -0.05) is 50.7 Å². The summed E-state index contributed by atoms with van der Waals surface area (Å²) in [5.74, 6) is 1.55. The molecule has 2 unspecified atom stereocenters. The molecule has 0 bridgehead atoms. The molecule has 0 radical (unpaired) electrons. The monoisotopic (exact) mass is 384 g/mol. The maximum atomic E-state index is 2.42. The molecule has 0 aromatic carbocycles. The molecule has 0 spiro atoms. The zero-order valence-corrected chi connectivity index (χ0v) is 16.8. The largest absolute Gasteiger partial charge is 2.00 e. The van der Waals surface area contributed by atoms with Crippen molar-refractivity contribution in [1.82, 2.24) is 0 Å². The van der Waals surface area contributed by atoms with Crippen LogP contribution in [0.5, 0.6) is 0 Å². The SMILES string of the molecule is C1=CC2CCCCC[CH-]C2=C1.C1=CC2CCCCC[CH-]C2=C1.[Zr+2]. The molecule has 4 rings (SSSR count). The molecule has 4 aliphatic carbocycles. The van der Waals surface area contributed by atoms with Crippen molar-refractivity contribution in [3.05, 3.63) is 60.4 Å². The molecule has 122 valence electrons. The average molecular weight is 386 g/mol. The molecule has 2 saturated carbocycles. The van der Waals surface area contributed by atoms with Crippen LogP contribution in [0.25, 0.3) is 0 Å². The molecule has 0 N–H and O–H groups in total. The molecular weight excluding hydrogens is 355 g/mol. The van der Waals surface area contributed by atoms with Crippen LogP contribution < -0.4 is 0 Å². The Balaban J connectivity index is 0.000000160. The van der Waals surface area contributed by atoms with Gasteiger partial charge in [-0.3, -0.25) is 0 Å². The van der Waals surface area contributed by atoms with E-state index in [1.54, 1.807) is 11.1 Å². The van der Waals surface area contributed by atoms with Gasteiger partial charge in [0.1, 0.15) is 0 Å². The van der Waals surface area contributed by atoms with Gasteiger partial charge < -0.3 is 0 Å². The van der Waals surface area contributed by atoms with Gasteiger partial charge in [-0.05, 0) is 24.7 Å². The van der Waals surface area contributed by atoms with E-state index in [1.165, 1.54) is 64.2 Å². The molecule has 2 atom stereocenters. The number of fused-ring (bicyclic) bond motifs is 2. The minimum Gasteiger partial charge on any atom is -0.226 e. The van der Waals surface area contributed by atoms with Crippen molar-refractivity contribution >= 4 is 0 Å². The molecule has 0 heterocycles. The Morgan fingerprint density at radius 1 is 0.652 bits per heavy atom. The molecule has 0 saturated heterocycles. The van der Waals surface area contributed by atoms with Crippen LogP contribution in [-0.2, 0) is 26.2 Å². The summed E-state index contributed by atoms with van der Waals surface area (Å²) in [7, 11) is 0. The predicted molar refractivity (Wildman–Crippen MR) is 96.2 cm³/mol. The van der Waals surface area contributed by atoms with Crippen molar-refractivity contribution in [3.8, 4) is 0 Å². The van der Waals surface area contributed by atoms with E-state index in [4.69, 9.17) is 0 Å². The maximum absolute atomic E-state index is 2.42. The van der Waals surface area contributed by atoms with Crippen LogP contribution >= 0.6 is 0 Å². The van der Waals surface area contributed by atoms with Crippen molar-refractivity contribution < 1.29 is 26.2 Å². The zero-order valence-electron chi connectivity index (χ0n) is 14.3. The van der Waals surface area contributed by atoms with Gasteiger partial charge in [0.2, 0.25) is 0 Å². The Kier molecular flexibility index (Phi) is 8.59. The van der Waals surface area contributed by atoms with E-state index in [0.717, 1.165) is 11.8 Å². The summed E-state index contributed by atoms with van der Waals surface area (Å²) in [6.07, 6.45) is 32.3. The molecule has 23 heavy (non-hydrogen) atoms. The fourth-order valence-electron chi connectivity index (χ4n) is 3.94. The fraction of sp³-hybridized carbons (Fsp3) is 0.545. The van der Waals surface area contributed by atoms with E-state index in [2.05, 4.69) is 49.3 Å². The van der Waals surface area contributed by atoms with Gasteiger partial charge in [-0.15, -0.1) is 25.0 Å².